The molecule has 1 unspecified atom stereocenters. The van der Waals surface area contributed by atoms with Gasteiger partial charge in [-0.25, -0.2) is 0 Å². The molecule has 5 nitrogen and oxygen atoms in total. The lowest BCUT2D eigenvalue weighted by molar-refractivity contribution is -0.121. The van der Waals surface area contributed by atoms with Crippen LogP contribution in [-0.2, 0) is 14.3 Å². The fourth-order valence-corrected chi connectivity index (χ4v) is 1.90. The summed E-state index contributed by atoms with van der Waals surface area (Å²) in [4.78, 5) is 11.6. The zero-order valence-corrected chi connectivity index (χ0v) is 10.8. The van der Waals surface area contributed by atoms with Crippen LogP contribution in [0.25, 0.3) is 0 Å². The number of carbonyl (C=O) groups is 1. The van der Waals surface area contributed by atoms with E-state index in [1.807, 2.05) is 0 Å². The van der Waals surface area contributed by atoms with Gasteiger partial charge in [0.1, 0.15) is 0 Å². The van der Waals surface area contributed by atoms with Crippen molar-refractivity contribution in [1.82, 2.24) is 10.6 Å². The van der Waals surface area contributed by atoms with E-state index < -0.39 is 0 Å². The van der Waals surface area contributed by atoms with Crippen LogP contribution in [0.2, 0.25) is 0 Å². The number of nitrogens with one attached hydrogen (secondary N) is 2. The first-order valence-corrected chi connectivity index (χ1v) is 6.29. The first-order chi connectivity index (χ1) is 8.22. The van der Waals surface area contributed by atoms with Crippen LogP contribution < -0.4 is 10.6 Å². The van der Waals surface area contributed by atoms with E-state index >= 15 is 0 Å². The van der Waals surface area contributed by atoms with Gasteiger partial charge in [0, 0.05) is 39.5 Å². The van der Waals surface area contributed by atoms with Gasteiger partial charge in [-0.3, -0.25) is 4.79 Å². The predicted molar refractivity (Wildman–Crippen MR) is 65.9 cm³/mol. The van der Waals surface area contributed by atoms with Crippen LogP contribution in [0.5, 0.6) is 0 Å². The molecular weight excluding hydrogens is 220 g/mol. The molecule has 0 spiro atoms. The minimum atomic E-state index is 0.0708. The van der Waals surface area contributed by atoms with Crippen molar-refractivity contribution in [1.29, 1.82) is 0 Å². The molecule has 0 aromatic heterocycles. The van der Waals surface area contributed by atoms with Crippen molar-refractivity contribution in [2.45, 2.75) is 25.8 Å². The molecule has 1 aliphatic heterocycles. The number of hydrogen-bond acceptors (Lipinski definition) is 4. The summed E-state index contributed by atoms with van der Waals surface area (Å²) in [7, 11) is 1.69. The molecule has 1 heterocycles. The zero-order valence-electron chi connectivity index (χ0n) is 10.8. The molecule has 1 saturated heterocycles. The van der Waals surface area contributed by atoms with Gasteiger partial charge in [0.05, 0.1) is 6.54 Å². The van der Waals surface area contributed by atoms with Crippen molar-refractivity contribution < 1.29 is 14.3 Å². The van der Waals surface area contributed by atoms with Gasteiger partial charge in [-0.1, -0.05) is 6.92 Å². The normalized spacial score (nSPS) is 18.9. The summed E-state index contributed by atoms with van der Waals surface area (Å²) in [5, 5.41) is 6.15. The lowest BCUT2D eigenvalue weighted by Crippen LogP contribution is -2.43. The van der Waals surface area contributed by atoms with Gasteiger partial charge in [0.15, 0.2) is 0 Å². The molecule has 0 aromatic rings. The van der Waals surface area contributed by atoms with Gasteiger partial charge in [-0.05, 0) is 18.8 Å². The van der Waals surface area contributed by atoms with E-state index in [9.17, 15) is 4.79 Å². The molecule has 1 aliphatic rings. The van der Waals surface area contributed by atoms with Crippen LogP contribution in [0, 0.1) is 5.92 Å². The maximum atomic E-state index is 11.6. The minimum Gasteiger partial charge on any atom is -0.384 e. The standard InChI is InChI=1S/C12H24N2O3/c1-10(9-16-2)7-13-8-12(15)14-11-3-5-17-6-4-11/h10-11,13H,3-9H2,1-2H3,(H,14,15). The van der Waals surface area contributed by atoms with Crippen LogP contribution in [-0.4, -0.2) is 52.0 Å². The Hall–Kier alpha value is -0.650. The largest absolute Gasteiger partial charge is 0.384 e. The van der Waals surface area contributed by atoms with Crippen molar-refractivity contribution in [3.8, 4) is 0 Å². The first-order valence-electron chi connectivity index (χ1n) is 6.29. The molecule has 5 heteroatoms. The van der Waals surface area contributed by atoms with E-state index in [2.05, 4.69) is 17.6 Å². The molecule has 100 valence electrons. The summed E-state index contributed by atoms with van der Waals surface area (Å²) in [6.07, 6.45) is 1.84. The maximum absolute atomic E-state index is 11.6. The average Bonchev–Trinajstić information content (AvgIpc) is 2.30. The molecular formula is C12H24N2O3. The Morgan fingerprint density at radius 3 is 2.82 bits per heavy atom. The van der Waals surface area contributed by atoms with Crippen molar-refractivity contribution in [2.24, 2.45) is 5.92 Å². The molecule has 1 atom stereocenters. The van der Waals surface area contributed by atoms with Gasteiger partial charge in [0.25, 0.3) is 0 Å². The Bertz CT molecular complexity index is 218. The Kier molecular flexibility index (Phi) is 7.16. The molecule has 0 aromatic carbocycles. The zero-order chi connectivity index (χ0) is 12.5. The van der Waals surface area contributed by atoms with Crippen molar-refractivity contribution in [3.05, 3.63) is 0 Å². The van der Waals surface area contributed by atoms with Gasteiger partial charge >= 0.3 is 0 Å². The summed E-state index contributed by atoms with van der Waals surface area (Å²) < 4.78 is 10.3. The molecule has 1 fully saturated rings. The van der Waals surface area contributed by atoms with Crippen LogP contribution in [0.3, 0.4) is 0 Å². The maximum Gasteiger partial charge on any atom is 0.234 e. The van der Waals surface area contributed by atoms with Crippen molar-refractivity contribution in [2.75, 3.05) is 40.0 Å². The van der Waals surface area contributed by atoms with Crippen LogP contribution in [0.1, 0.15) is 19.8 Å². The van der Waals surface area contributed by atoms with Crippen LogP contribution in [0.15, 0.2) is 0 Å². The SMILES string of the molecule is COCC(C)CNCC(=O)NC1CCOCC1. The molecule has 2 N–H and O–H groups in total. The average molecular weight is 244 g/mol. The molecule has 1 amide bonds. The fourth-order valence-electron chi connectivity index (χ4n) is 1.90. The minimum absolute atomic E-state index is 0.0708. The second-order valence-electron chi connectivity index (χ2n) is 4.65. The highest BCUT2D eigenvalue weighted by molar-refractivity contribution is 5.78. The van der Waals surface area contributed by atoms with Crippen LogP contribution >= 0.6 is 0 Å². The Morgan fingerprint density at radius 2 is 2.18 bits per heavy atom. The van der Waals surface area contributed by atoms with E-state index in [0.29, 0.717) is 19.1 Å². The highest BCUT2D eigenvalue weighted by atomic mass is 16.5. The highest BCUT2D eigenvalue weighted by Gasteiger charge is 2.15. The van der Waals surface area contributed by atoms with Crippen molar-refractivity contribution >= 4 is 5.91 Å². The topological polar surface area (TPSA) is 59.6 Å². The quantitative estimate of drug-likeness (QED) is 0.669. The Morgan fingerprint density at radius 1 is 1.47 bits per heavy atom. The monoisotopic (exact) mass is 244 g/mol. The van der Waals surface area contributed by atoms with Crippen molar-refractivity contribution in [3.63, 3.8) is 0 Å². The number of ether oxygens (including phenoxy) is 2. The van der Waals surface area contributed by atoms with Crippen LogP contribution in [0.4, 0.5) is 0 Å². The van der Waals surface area contributed by atoms with E-state index in [1.165, 1.54) is 0 Å². The number of hydrogen-bond donors (Lipinski definition) is 2. The Labute approximate surface area is 103 Å². The van der Waals surface area contributed by atoms with E-state index in [1.54, 1.807) is 7.11 Å². The van der Waals surface area contributed by atoms with Gasteiger partial charge in [0.2, 0.25) is 5.91 Å². The molecule has 0 bridgehead atoms. The molecule has 0 aliphatic carbocycles. The third-order valence-corrected chi connectivity index (χ3v) is 2.82. The van der Waals surface area contributed by atoms with E-state index in [0.717, 1.165) is 32.6 Å². The second kappa shape index (κ2) is 8.44. The van der Waals surface area contributed by atoms with E-state index in [-0.39, 0.29) is 11.9 Å². The number of methoxy groups -OCH3 is 1. The lowest BCUT2D eigenvalue weighted by Gasteiger charge is -2.23. The molecule has 1 rings (SSSR count). The highest BCUT2D eigenvalue weighted by Crippen LogP contribution is 2.05. The number of amides is 1. The lowest BCUT2D eigenvalue weighted by atomic mass is 10.1. The third-order valence-electron chi connectivity index (χ3n) is 2.82. The summed E-state index contributed by atoms with van der Waals surface area (Å²) in [5.74, 6) is 0.498. The first kappa shape index (κ1) is 14.4. The number of rotatable bonds is 7. The van der Waals surface area contributed by atoms with Gasteiger partial charge < -0.3 is 20.1 Å². The van der Waals surface area contributed by atoms with Gasteiger partial charge in [-0.15, -0.1) is 0 Å². The summed E-state index contributed by atoms with van der Waals surface area (Å²) >= 11 is 0. The van der Waals surface area contributed by atoms with Gasteiger partial charge in [-0.2, -0.15) is 0 Å². The molecule has 0 saturated carbocycles. The smallest absolute Gasteiger partial charge is 0.234 e. The molecule has 17 heavy (non-hydrogen) atoms. The fraction of sp³-hybridized carbons (Fsp3) is 0.917. The summed E-state index contributed by atoms with van der Waals surface area (Å²) in [6.45, 7) is 5.49. The third kappa shape index (κ3) is 6.61. The molecule has 0 radical (unpaired) electrons. The second-order valence-corrected chi connectivity index (χ2v) is 4.65. The van der Waals surface area contributed by atoms with E-state index in [4.69, 9.17) is 9.47 Å². The summed E-state index contributed by atoms with van der Waals surface area (Å²) in [6, 6.07) is 0.287. The summed E-state index contributed by atoms with van der Waals surface area (Å²) in [5.41, 5.74) is 0. The Balaban J connectivity index is 2.04. The predicted octanol–water partition coefficient (Wildman–Crippen LogP) is 0.154. The number of carbonyl (C=O) groups excluding carboxylic acids is 1.